The van der Waals surface area contributed by atoms with E-state index in [-0.39, 0.29) is 23.9 Å². The number of benzene rings is 2. The van der Waals surface area contributed by atoms with Crippen LogP contribution in [0.5, 0.6) is 0 Å². The predicted octanol–water partition coefficient (Wildman–Crippen LogP) is 1.80. The molecule has 2 N–H and O–H groups in total. The van der Waals surface area contributed by atoms with Crippen LogP contribution in [0.1, 0.15) is 29.3 Å². The van der Waals surface area contributed by atoms with Crippen LogP contribution in [0.15, 0.2) is 53.3 Å². The molecule has 0 aliphatic rings. The summed E-state index contributed by atoms with van der Waals surface area (Å²) in [5.74, 6) is -0.283. The lowest BCUT2D eigenvalue weighted by Gasteiger charge is -2.08. The summed E-state index contributed by atoms with van der Waals surface area (Å²) in [5.41, 5.74) is 2.94. The fraction of sp³-hybridized carbons (Fsp3) is 0.286. The van der Waals surface area contributed by atoms with Gasteiger partial charge < -0.3 is 10.6 Å². The third-order valence-corrected chi connectivity index (χ3v) is 4.63. The van der Waals surface area contributed by atoms with Crippen LogP contribution in [-0.2, 0) is 24.9 Å². The number of carbonyl (C=O) groups excluding carboxylic acids is 2. The molecule has 146 valence electrons. The van der Waals surface area contributed by atoms with Gasteiger partial charge in [0.25, 0.3) is 5.91 Å². The molecule has 2 amide bonds. The number of hydrogen-bond donors (Lipinski definition) is 2. The summed E-state index contributed by atoms with van der Waals surface area (Å²) in [4.78, 5) is 36.5. The van der Waals surface area contributed by atoms with E-state index in [1.54, 1.807) is 34.4 Å². The highest BCUT2D eigenvalue weighted by Gasteiger charge is 2.11. The van der Waals surface area contributed by atoms with Crippen molar-refractivity contribution >= 4 is 22.8 Å². The fourth-order valence-electron chi connectivity index (χ4n) is 3.17. The Morgan fingerprint density at radius 2 is 1.75 bits per heavy atom. The Morgan fingerprint density at radius 1 is 1.00 bits per heavy atom. The van der Waals surface area contributed by atoms with E-state index in [2.05, 4.69) is 10.6 Å². The maximum absolute atomic E-state index is 12.4. The monoisotopic (exact) mass is 380 g/mol. The van der Waals surface area contributed by atoms with E-state index in [1.165, 1.54) is 0 Å². The first-order valence-electron chi connectivity index (χ1n) is 9.29. The van der Waals surface area contributed by atoms with Gasteiger partial charge in [-0.3, -0.25) is 18.7 Å². The highest BCUT2D eigenvalue weighted by molar-refractivity contribution is 5.94. The van der Waals surface area contributed by atoms with Crippen LogP contribution in [0.2, 0.25) is 0 Å². The number of aromatic nitrogens is 2. The number of aryl methyl sites for hydroxylation is 2. The molecule has 0 unspecified atom stereocenters. The van der Waals surface area contributed by atoms with Crippen LogP contribution < -0.4 is 16.3 Å². The van der Waals surface area contributed by atoms with Crippen molar-refractivity contribution in [2.24, 2.45) is 7.05 Å². The lowest BCUT2D eigenvalue weighted by Crippen LogP contribution is -2.28. The minimum atomic E-state index is -0.150. The SMILES string of the molecule is CCNC(=O)c1cccc(CNC(=O)CCn2c(=O)n(C)c3ccccc32)c1. The van der Waals surface area contributed by atoms with Crippen molar-refractivity contribution in [3.05, 3.63) is 70.1 Å². The topological polar surface area (TPSA) is 85.1 Å². The fourth-order valence-corrected chi connectivity index (χ4v) is 3.17. The molecule has 0 saturated carbocycles. The van der Waals surface area contributed by atoms with E-state index in [9.17, 15) is 14.4 Å². The zero-order valence-corrected chi connectivity index (χ0v) is 16.1. The molecular formula is C21H24N4O3. The number of rotatable bonds is 7. The van der Waals surface area contributed by atoms with Gasteiger partial charge in [-0.2, -0.15) is 0 Å². The molecule has 3 aromatic rings. The molecule has 2 aromatic carbocycles. The van der Waals surface area contributed by atoms with Gasteiger partial charge in [0, 0.05) is 38.7 Å². The van der Waals surface area contributed by atoms with Crippen LogP contribution in [0.25, 0.3) is 11.0 Å². The summed E-state index contributed by atoms with van der Waals surface area (Å²) >= 11 is 0. The van der Waals surface area contributed by atoms with Crippen molar-refractivity contribution in [2.45, 2.75) is 26.4 Å². The van der Waals surface area contributed by atoms with E-state index in [4.69, 9.17) is 0 Å². The lowest BCUT2D eigenvalue weighted by atomic mass is 10.1. The molecule has 1 heterocycles. The number of amides is 2. The van der Waals surface area contributed by atoms with E-state index >= 15 is 0 Å². The van der Waals surface area contributed by atoms with Crippen LogP contribution in [0.3, 0.4) is 0 Å². The second-order valence-electron chi connectivity index (χ2n) is 6.57. The van der Waals surface area contributed by atoms with Gasteiger partial charge >= 0.3 is 5.69 Å². The molecule has 7 heteroatoms. The van der Waals surface area contributed by atoms with Gasteiger partial charge in [0.05, 0.1) is 11.0 Å². The largest absolute Gasteiger partial charge is 0.352 e. The molecule has 7 nitrogen and oxygen atoms in total. The highest BCUT2D eigenvalue weighted by Crippen LogP contribution is 2.12. The van der Waals surface area contributed by atoms with Crippen molar-refractivity contribution in [1.82, 2.24) is 19.8 Å². The smallest absolute Gasteiger partial charge is 0.328 e. The van der Waals surface area contributed by atoms with Gasteiger partial charge in [-0.15, -0.1) is 0 Å². The number of hydrogen-bond acceptors (Lipinski definition) is 3. The highest BCUT2D eigenvalue weighted by atomic mass is 16.2. The predicted molar refractivity (Wildman–Crippen MR) is 108 cm³/mol. The van der Waals surface area contributed by atoms with Crippen LogP contribution in [0.4, 0.5) is 0 Å². The Balaban J connectivity index is 1.60. The van der Waals surface area contributed by atoms with E-state index in [0.717, 1.165) is 16.6 Å². The van der Waals surface area contributed by atoms with Crippen LogP contribution in [-0.4, -0.2) is 27.5 Å². The molecule has 0 aliphatic heterocycles. The Morgan fingerprint density at radius 3 is 2.50 bits per heavy atom. The zero-order chi connectivity index (χ0) is 20.1. The molecule has 0 bridgehead atoms. The van der Waals surface area contributed by atoms with Gasteiger partial charge in [-0.1, -0.05) is 24.3 Å². The van der Waals surface area contributed by atoms with Crippen LogP contribution in [0, 0.1) is 0 Å². The van der Waals surface area contributed by atoms with Crippen molar-refractivity contribution < 1.29 is 9.59 Å². The van der Waals surface area contributed by atoms with E-state index < -0.39 is 0 Å². The molecule has 0 aliphatic carbocycles. The summed E-state index contributed by atoms with van der Waals surface area (Å²) in [7, 11) is 1.73. The van der Waals surface area contributed by atoms with Gasteiger partial charge in [-0.25, -0.2) is 4.79 Å². The van der Waals surface area contributed by atoms with Gasteiger partial charge in [0.2, 0.25) is 5.91 Å². The molecule has 28 heavy (non-hydrogen) atoms. The van der Waals surface area contributed by atoms with Gasteiger partial charge in [0.15, 0.2) is 0 Å². The second-order valence-corrected chi connectivity index (χ2v) is 6.57. The molecule has 1 aromatic heterocycles. The third-order valence-electron chi connectivity index (χ3n) is 4.63. The first-order valence-corrected chi connectivity index (χ1v) is 9.29. The summed E-state index contributed by atoms with van der Waals surface area (Å²) in [6.07, 6.45) is 0.198. The van der Waals surface area contributed by atoms with Crippen molar-refractivity contribution in [3.63, 3.8) is 0 Å². The number of nitrogens with zero attached hydrogens (tertiary/aromatic N) is 2. The average molecular weight is 380 g/mol. The van der Waals surface area contributed by atoms with E-state index in [0.29, 0.717) is 25.2 Å². The maximum atomic E-state index is 12.4. The number of para-hydroxylation sites is 2. The first-order chi connectivity index (χ1) is 13.5. The zero-order valence-electron chi connectivity index (χ0n) is 16.1. The standard InChI is InChI=1S/C21H24N4O3/c1-3-22-20(27)16-8-6-7-15(13-16)14-23-19(26)11-12-25-18-10-5-4-9-17(18)24(2)21(25)28/h4-10,13H,3,11-12,14H2,1-2H3,(H,22,27)(H,23,26). The quantitative estimate of drug-likeness (QED) is 0.655. The first kappa shape index (κ1) is 19.4. The van der Waals surface area contributed by atoms with Gasteiger partial charge in [0.1, 0.15) is 0 Å². The Bertz CT molecular complexity index is 1060. The summed E-state index contributed by atoms with van der Waals surface area (Å²) in [5, 5.41) is 5.60. The van der Waals surface area contributed by atoms with E-state index in [1.807, 2.05) is 37.3 Å². The Kier molecular flexibility index (Phi) is 5.93. The molecule has 0 radical (unpaired) electrons. The Hall–Kier alpha value is -3.35. The summed E-state index contributed by atoms with van der Waals surface area (Å²) in [6, 6.07) is 14.7. The Labute approximate surface area is 163 Å². The number of nitrogens with one attached hydrogen (secondary N) is 2. The molecular weight excluding hydrogens is 356 g/mol. The van der Waals surface area contributed by atoms with Crippen molar-refractivity contribution in [3.8, 4) is 0 Å². The number of fused-ring (bicyclic) bond motifs is 1. The lowest BCUT2D eigenvalue weighted by molar-refractivity contribution is -0.121. The van der Waals surface area contributed by atoms with Crippen LogP contribution >= 0.6 is 0 Å². The van der Waals surface area contributed by atoms with Crippen molar-refractivity contribution in [1.29, 1.82) is 0 Å². The normalized spacial score (nSPS) is 10.8. The molecule has 3 rings (SSSR count). The third kappa shape index (κ3) is 4.14. The molecule has 0 fully saturated rings. The minimum absolute atomic E-state index is 0.133. The maximum Gasteiger partial charge on any atom is 0.328 e. The van der Waals surface area contributed by atoms with Crippen molar-refractivity contribution in [2.75, 3.05) is 6.54 Å². The summed E-state index contributed by atoms with van der Waals surface area (Å²) in [6.45, 7) is 3.07. The molecule has 0 saturated heterocycles. The molecule has 0 atom stereocenters. The minimum Gasteiger partial charge on any atom is -0.352 e. The van der Waals surface area contributed by atoms with Gasteiger partial charge in [-0.05, 0) is 36.8 Å². The number of imidazole rings is 1. The molecule has 0 spiro atoms. The second kappa shape index (κ2) is 8.56. The number of carbonyl (C=O) groups is 2. The average Bonchev–Trinajstić information content (AvgIpc) is 2.96. The summed E-state index contributed by atoms with van der Waals surface area (Å²) < 4.78 is 3.20.